The molecular weight excluding hydrogens is 360 g/mol. The van der Waals surface area contributed by atoms with E-state index in [9.17, 15) is 4.79 Å². The van der Waals surface area contributed by atoms with Crippen LogP contribution in [-0.2, 0) is 9.47 Å². The van der Waals surface area contributed by atoms with Crippen molar-refractivity contribution in [2.24, 2.45) is 0 Å². The van der Waals surface area contributed by atoms with E-state index in [0.29, 0.717) is 13.2 Å². The summed E-state index contributed by atoms with van der Waals surface area (Å²) in [6, 6.07) is 8.16. The van der Waals surface area contributed by atoms with E-state index in [2.05, 4.69) is 26.6 Å². The first kappa shape index (κ1) is 19.8. The highest BCUT2D eigenvalue weighted by molar-refractivity contribution is 9.10. The smallest absolute Gasteiger partial charge is 0.407 e. The standard InChI is InChI=1S/C17H27BrN2O3/c1-17(2,3)23-16(21)19-11-7-8-13(12-22-4)20-15-10-6-5-9-14(15)18/h5-6,9-10,13,20H,7-8,11-12H2,1-4H3,(H,19,21). The van der Waals surface area contributed by atoms with Crippen LogP contribution in [0.15, 0.2) is 28.7 Å². The van der Waals surface area contributed by atoms with Gasteiger partial charge in [0.2, 0.25) is 0 Å². The fourth-order valence-electron chi connectivity index (χ4n) is 2.05. The Morgan fingerprint density at radius 1 is 1.30 bits per heavy atom. The Kier molecular flexibility index (Phi) is 8.41. The highest BCUT2D eigenvalue weighted by atomic mass is 79.9. The number of anilines is 1. The number of methoxy groups -OCH3 is 1. The lowest BCUT2D eigenvalue weighted by Crippen LogP contribution is -2.34. The summed E-state index contributed by atoms with van der Waals surface area (Å²) >= 11 is 3.53. The molecule has 1 rings (SSSR count). The topological polar surface area (TPSA) is 59.6 Å². The number of hydrogen-bond donors (Lipinski definition) is 2. The Labute approximate surface area is 147 Å². The molecule has 0 aliphatic rings. The molecule has 0 aromatic heterocycles. The van der Waals surface area contributed by atoms with Crippen molar-refractivity contribution in [3.63, 3.8) is 0 Å². The lowest BCUT2D eigenvalue weighted by molar-refractivity contribution is 0.0526. The second-order valence-electron chi connectivity index (χ2n) is 6.35. The van der Waals surface area contributed by atoms with Crippen molar-refractivity contribution >= 4 is 27.7 Å². The number of para-hydroxylation sites is 1. The molecule has 1 aromatic rings. The van der Waals surface area contributed by atoms with Crippen molar-refractivity contribution in [1.29, 1.82) is 0 Å². The molecule has 0 aliphatic heterocycles. The van der Waals surface area contributed by atoms with E-state index >= 15 is 0 Å². The number of hydrogen-bond acceptors (Lipinski definition) is 4. The first-order valence-corrected chi connectivity index (χ1v) is 8.58. The minimum absolute atomic E-state index is 0.180. The van der Waals surface area contributed by atoms with E-state index in [0.717, 1.165) is 23.0 Å². The molecule has 0 spiro atoms. The van der Waals surface area contributed by atoms with Crippen molar-refractivity contribution in [2.45, 2.75) is 45.3 Å². The average molecular weight is 387 g/mol. The molecule has 0 aliphatic carbocycles. The quantitative estimate of drug-likeness (QED) is 0.657. The zero-order valence-corrected chi connectivity index (χ0v) is 15.9. The van der Waals surface area contributed by atoms with E-state index < -0.39 is 5.60 Å². The molecule has 1 amide bonds. The minimum atomic E-state index is -0.468. The number of alkyl carbamates (subject to hydrolysis) is 1. The molecule has 1 aromatic carbocycles. The number of halogens is 1. The van der Waals surface area contributed by atoms with E-state index in [1.54, 1.807) is 7.11 Å². The Bertz CT molecular complexity index is 489. The maximum absolute atomic E-state index is 11.6. The Morgan fingerprint density at radius 2 is 2.00 bits per heavy atom. The van der Waals surface area contributed by atoms with Gasteiger partial charge < -0.3 is 20.1 Å². The van der Waals surface area contributed by atoms with Gasteiger partial charge in [0.25, 0.3) is 0 Å². The molecule has 0 saturated heterocycles. The molecule has 23 heavy (non-hydrogen) atoms. The number of carbonyl (C=O) groups is 1. The molecule has 1 atom stereocenters. The van der Waals surface area contributed by atoms with Gasteiger partial charge in [-0.3, -0.25) is 0 Å². The molecular formula is C17H27BrN2O3. The van der Waals surface area contributed by atoms with Gasteiger partial charge >= 0.3 is 6.09 Å². The average Bonchev–Trinajstić information content (AvgIpc) is 2.44. The fourth-order valence-corrected chi connectivity index (χ4v) is 2.45. The summed E-state index contributed by atoms with van der Waals surface area (Å²) in [6.45, 7) is 6.73. The maximum atomic E-state index is 11.6. The molecule has 1 unspecified atom stereocenters. The second-order valence-corrected chi connectivity index (χ2v) is 7.20. The van der Waals surface area contributed by atoms with Crippen LogP contribution in [0.4, 0.5) is 10.5 Å². The van der Waals surface area contributed by atoms with Gasteiger partial charge in [-0.2, -0.15) is 0 Å². The minimum Gasteiger partial charge on any atom is -0.444 e. The first-order valence-electron chi connectivity index (χ1n) is 7.78. The third-order valence-electron chi connectivity index (χ3n) is 3.00. The van der Waals surface area contributed by atoms with Crippen molar-refractivity contribution < 1.29 is 14.3 Å². The van der Waals surface area contributed by atoms with Crippen LogP contribution in [0, 0.1) is 0 Å². The summed E-state index contributed by atoms with van der Waals surface area (Å²) in [4.78, 5) is 11.6. The Morgan fingerprint density at radius 3 is 2.61 bits per heavy atom. The summed E-state index contributed by atoms with van der Waals surface area (Å²) in [7, 11) is 1.69. The van der Waals surface area contributed by atoms with Crippen LogP contribution < -0.4 is 10.6 Å². The predicted octanol–water partition coefficient (Wildman–Crippen LogP) is 4.18. The molecule has 0 radical (unpaired) electrons. The molecule has 0 saturated carbocycles. The van der Waals surface area contributed by atoms with Crippen molar-refractivity contribution in [3.8, 4) is 0 Å². The molecule has 130 valence electrons. The molecule has 5 nitrogen and oxygen atoms in total. The van der Waals surface area contributed by atoms with Gasteiger partial charge in [-0.15, -0.1) is 0 Å². The normalized spacial score (nSPS) is 12.6. The summed E-state index contributed by atoms with van der Waals surface area (Å²) in [5.74, 6) is 0. The van der Waals surface area contributed by atoms with E-state index in [1.807, 2.05) is 45.0 Å². The van der Waals surface area contributed by atoms with Gasteiger partial charge in [0.15, 0.2) is 0 Å². The van der Waals surface area contributed by atoms with Gasteiger partial charge in [0, 0.05) is 29.9 Å². The summed E-state index contributed by atoms with van der Waals surface area (Å²) < 4.78 is 11.5. The number of nitrogens with one attached hydrogen (secondary N) is 2. The van der Waals surface area contributed by atoms with Crippen LogP contribution in [-0.4, -0.2) is 38.0 Å². The largest absolute Gasteiger partial charge is 0.444 e. The van der Waals surface area contributed by atoms with Crippen molar-refractivity contribution in [3.05, 3.63) is 28.7 Å². The summed E-state index contributed by atoms with van der Waals surface area (Å²) in [5.41, 5.74) is 0.568. The Balaban J connectivity index is 2.36. The highest BCUT2D eigenvalue weighted by Crippen LogP contribution is 2.22. The van der Waals surface area contributed by atoms with Crippen LogP contribution in [0.2, 0.25) is 0 Å². The summed E-state index contributed by atoms with van der Waals surface area (Å²) in [5, 5.41) is 6.23. The van der Waals surface area contributed by atoms with Crippen LogP contribution in [0.1, 0.15) is 33.6 Å². The zero-order valence-electron chi connectivity index (χ0n) is 14.3. The monoisotopic (exact) mass is 386 g/mol. The van der Waals surface area contributed by atoms with Crippen molar-refractivity contribution in [1.82, 2.24) is 5.32 Å². The SMILES string of the molecule is COCC(CCCNC(=O)OC(C)(C)C)Nc1ccccc1Br. The number of rotatable bonds is 8. The third kappa shape index (κ3) is 8.81. The maximum Gasteiger partial charge on any atom is 0.407 e. The molecule has 0 bridgehead atoms. The molecule has 0 heterocycles. The van der Waals surface area contributed by atoms with E-state index in [1.165, 1.54) is 0 Å². The fraction of sp³-hybridized carbons (Fsp3) is 0.588. The summed E-state index contributed by atoms with van der Waals surface area (Å²) in [6.07, 6.45) is 1.34. The van der Waals surface area contributed by atoms with Crippen molar-refractivity contribution in [2.75, 3.05) is 25.6 Å². The Hall–Kier alpha value is -1.27. The number of amides is 1. The third-order valence-corrected chi connectivity index (χ3v) is 3.69. The van der Waals surface area contributed by atoms with Crippen LogP contribution in [0.25, 0.3) is 0 Å². The molecule has 6 heteroatoms. The van der Waals surface area contributed by atoms with Gasteiger partial charge in [0.05, 0.1) is 6.61 Å². The number of ether oxygens (including phenoxy) is 2. The van der Waals surface area contributed by atoms with Gasteiger partial charge in [-0.05, 0) is 61.7 Å². The first-order chi connectivity index (χ1) is 10.8. The molecule has 2 N–H and O–H groups in total. The lowest BCUT2D eigenvalue weighted by atomic mass is 10.1. The van der Waals surface area contributed by atoms with Gasteiger partial charge in [0.1, 0.15) is 5.60 Å². The molecule has 0 fully saturated rings. The predicted molar refractivity (Wildman–Crippen MR) is 96.9 cm³/mol. The van der Waals surface area contributed by atoms with E-state index in [4.69, 9.17) is 9.47 Å². The van der Waals surface area contributed by atoms with Crippen LogP contribution in [0.3, 0.4) is 0 Å². The number of carbonyl (C=O) groups excluding carboxylic acids is 1. The second kappa shape index (κ2) is 9.78. The zero-order chi connectivity index (χ0) is 17.3. The van der Waals surface area contributed by atoms with E-state index in [-0.39, 0.29) is 12.1 Å². The van der Waals surface area contributed by atoms with Gasteiger partial charge in [-0.25, -0.2) is 4.79 Å². The number of benzene rings is 1. The van der Waals surface area contributed by atoms with Crippen LogP contribution >= 0.6 is 15.9 Å². The lowest BCUT2D eigenvalue weighted by Gasteiger charge is -2.21. The van der Waals surface area contributed by atoms with Crippen LogP contribution in [0.5, 0.6) is 0 Å². The highest BCUT2D eigenvalue weighted by Gasteiger charge is 2.16. The van der Waals surface area contributed by atoms with Gasteiger partial charge in [-0.1, -0.05) is 12.1 Å².